The largest absolute Gasteiger partial charge is 0.478 e. The summed E-state index contributed by atoms with van der Waals surface area (Å²) in [6.45, 7) is 0. The van der Waals surface area contributed by atoms with Crippen LogP contribution in [0.4, 0.5) is 5.69 Å². The highest BCUT2D eigenvalue weighted by atomic mass is 32.2. The second-order valence-electron chi connectivity index (χ2n) is 3.70. The van der Waals surface area contributed by atoms with Crippen LogP contribution in [0.2, 0.25) is 0 Å². The van der Waals surface area contributed by atoms with Gasteiger partial charge in [0.05, 0.1) is 16.2 Å². The van der Waals surface area contributed by atoms with Crippen LogP contribution in [0.15, 0.2) is 35.6 Å². The molecule has 7 nitrogen and oxygen atoms in total. The summed E-state index contributed by atoms with van der Waals surface area (Å²) in [5.74, 6) is -1.23. The lowest BCUT2D eigenvalue weighted by molar-refractivity contribution is -0.384. The van der Waals surface area contributed by atoms with Gasteiger partial charge in [0, 0.05) is 12.3 Å². The number of nitrogens with zero attached hydrogens (tertiary/aromatic N) is 3. The van der Waals surface area contributed by atoms with Crippen molar-refractivity contribution >= 4 is 23.4 Å². The van der Waals surface area contributed by atoms with E-state index in [1.165, 1.54) is 30.0 Å². The Balaban J connectivity index is 2.73. The highest BCUT2D eigenvalue weighted by molar-refractivity contribution is 7.98. The maximum absolute atomic E-state index is 11.2. The molecule has 0 aliphatic rings. The minimum Gasteiger partial charge on any atom is -0.478 e. The van der Waals surface area contributed by atoms with Crippen LogP contribution in [0.25, 0.3) is 11.3 Å². The molecule has 20 heavy (non-hydrogen) atoms. The SMILES string of the molecule is CSc1ncc(C(=O)O)c(-c2ccccc2[N+](=O)[O-])n1. The lowest BCUT2D eigenvalue weighted by Crippen LogP contribution is -2.05. The number of hydrogen-bond donors (Lipinski definition) is 1. The second kappa shape index (κ2) is 5.66. The van der Waals surface area contributed by atoms with Crippen LogP contribution in [0.3, 0.4) is 0 Å². The van der Waals surface area contributed by atoms with E-state index in [9.17, 15) is 14.9 Å². The summed E-state index contributed by atoms with van der Waals surface area (Å²) < 4.78 is 0. The molecule has 0 amide bonds. The number of para-hydroxylation sites is 1. The number of carbonyl (C=O) groups is 1. The first-order chi connectivity index (χ1) is 9.54. The van der Waals surface area contributed by atoms with Crippen molar-refractivity contribution in [1.82, 2.24) is 9.97 Å². The Hall–Kier alpha value is -2.48. The van der Waals surface area contributed by atoms with E-state index in [4.69, 9.17) is 5.11 Å². The molecular weight excluding hydrogens is 282 g/mol. The third kappa shape index (κ3) is 2.59. The number of nitro groups is 1. The van der Waals surface area contributed by atoms with E-state index in [-0.39, 0.29) is 22.5 Å². The predicted molar refractivity (Wildman–Crippen MR) is 72.9 cm³/mol. The predicted octanol–water partition coefficient (Wildman–Crippen LogP) is 2.47. The molecule has 0 unspecified atom stereocenters. The molecule has 0 bridgehead atoms. The van der Waals surface area contributed by atoms with Crippen molar-refractivity contribution in [3.63, 3.8) is 0 Å². The monoisotopic (exact) mass is 291 g/mol. The van der Waals surface area contributed by atoms with Gasteiger partial charge in [0.25, 0.3) is 5.69 Å². The van der Waals surface area contributed by atoms with Gasteiger partial charge in [0.15, 0.2) is 5.16 Å². The topological polar surface area (TPSA) is 106 Å². The Kier molecular flexibility index (Phi) is 3.94. The van der Waals surface area contributed by atoms with E-state index in [0.717, 1.165) is 6.20 Å². The Morgan fingerprint density at radius 3 is 2.70 bits per heavy atom. The maximum Gasteiger partial charge on any atom is 0.339 e. The fourth-order valence-electron chi connectivity index (χ4n) is 1.66. The first-order valence-electron chi connectivity index (χ1n) is 5.42. The molecule has 1 heterocycles. The number of nitro benzene ring substituents is 1. The second-order valence-corrected chi connectivity index (χ2v) is 4.47. The summed E-state index contributed by atoms with van der Waals surface area (Å²) >= 11 is 1.23. The first-order valence-corrected chi connectivity index (χ1v) is 6.65. The van der Waals surface area contributed by atoms with Gasteiger partial charge >= 0.3 is 5.97 Å². The summed E-state index contributed by atoms with van der Waals surface area (Å²) in [5.41, 5.74) is -0.158. The van der Waals surface area contributed by atoms with E-state index < -0.39 is 10.9 Å². The summed E-state index contributed by atoms with van der Waals surface area (Å²) in [6, 6.07) is 5.88. The van der Waals surface area contributed by atoms with E-state index >= 15 is 0 Å². The summed E-state index contributed by atoms with van der Waals surface area (Å²) in [5, 5.41) is 20.6. The molecule has 2 aromatic rings. The molecule has 0 fully saturated rings. The van der Waals surface area contributed by atoms with E-state index in [1.54, 1.807) is 12.3 Å². The number of thioether (sulfide) groups is 1. The molecule has 0 atom stereocenters. The Bertz CT molecular complexity index is 690. The zero-order chi connectivity index (χ0) is 14.7. The standard InChI is InChI=1S/C12H9N3O4S/c1-20-12-13-6-8(11(16)17)10(14-12)7-4-2-3-5-9(7)15(18)19/h2-6H,1H3,(H,16,17). The molecule has 0 radical (unpaired) electrons. The van der Waals surface area contributed by atoms with Gasteiger partial charge in [-0.25, -0.2) is 14.8 Å². The number of hydrogen-bond acceptors (Lipinski definition) is 6. The molecule has 0 saturated heterocycles. The summed E-state index contributed by atoms with van der Waals surface area (Å²) in [6.07, 6.45) is 2.90. The zero-order valence-corrected chi connectivity index (χ0v) is 11.1. The minimum atomic E-state index is -1.23. The van der Waals surface area contributed by atoms with Crippen molar-refractivity contribution < 1.29 is 14.8 Å². The van der Waals surface area contributed by atoms with Crippen LogP contribution in [-0.4, -0.2) is 32.2 Å². The van der Waals surface area contributed by atoms with Gasteiger partial charge in [-0.2, -0.15) is 0 Å². The van der Waals surface area contributed by atoms with Crippen molar-refractivity contribution in [2.45, 2.75) is 5.16 Å². The number of carboxylic acids is 1. The van der Waals surface area contributed by atoms with Gasteiger partial charge in [-0.15, -0.1) is 0 Å². The van der Waals surface area contributed by atoms with Crippen molar-refractivity contribution in [2.75, 3.05) is 6.26 Å². The molecule has 0 aliphatic heterocycles. The van der Waals surface area contributed by atoms with Gasteiger partial charge in [0.2, 0.25) is 0 Å². The Morgan fingerprint density at radius 2 is 2.10 bits per heavy atom. The van der Waals surface area contributed by atoms with Crippen LogP contribution < -0.4 is 0 Å². The molecule has 102 valence electrons. The quantitative estimate of drug-likeness (QED) is 0.399. The van der Waals surface area contributed by atoms with Crippen molar-refractivity contribution in [1.29, 1.82) is 0 Å². The molecule has 2 rings (SSSR count). The lowest BCUT2D eigenvalue weighted by atomic mass is 10.1. The third-order valence-electron chi connectivity index (χ3n) is 2.54. The molecule has 1 N–H and O–H groups in total. The van der Waals surface area contributed by atoms with E-state index in [1.807, 2.05) is 0 Å². The summed E-state index contributed by atoms with van der Waals surface area (Å²) in [4.78, 5) is 29.7. The van der Waals surface area contributed by atoms with Gasteiger partial charge in [-0.05, 0) is 12.3 Å². The number of aromatic nitrogens is 2. The van der Waals surface area contributed by atoms with E-state index in [0.29, 0.717) is 5.16 Å². The van der Waals surface area contributed by atoms with Gasteiger partial charge < -0.3 is 5.11 Å². The number of aromatic carboxylic acids is 1. The number of carboxylic acid groups (broad SMARTS) is 1. The number of benzene rings is 1. The first kappa shape index (κ1) is 13.9. The smallest absolute Gasteiger partial charge is 0.339 e. The van der Waals surface area contributed by atoms with Crippen LogP contribution in [0, 0.1) is 10.1 Å². The summed E-state index contributed by atoms with van der Waals surface area (Å²) in [7, 11) is 0. The molecule has 0 spiro atoms. The minimum absolute atomic E-state index is 0.0455. The molecule has 1 aromatic heterocycles. The average Bonchev–Trinajstić information content (AvgIpc) is 2.46. The maximum atomic E-state index is 11.2. The van der Waals surface area contributed by atoms with Crippen LogP contribution >= 0.6 is 11.8 Å². The third-order valence-corrected chi connectivity index (χ3v) is 3.10. The van der Waals surface area contributed by atoms with Gasteiger partial charge in [-0.3, -0.25) is 10.1 Å². The molecule has 1 aromatic carbocycles. The highest BCUT2D eigenvalue weighted by Gasteiger charge is 2.22. The fourth-order valence-corrected chi connectivity index (χ4v) is 2.00. The normalized spacial score (nSPS) is 10.2. The van der Waals surface area contributed by atoms with Gasteiger partial charge in [-0.1, -0.05) is 23.9 Å². The lowest BCUT2D eigenvalue weighted by Gasteiger charge is -2.07. The molecule has 0 aliphatic carbocycles. The van der Waals surface area contributed by atoms with Crippen molar-refractivity contribution in [3.05, 3.63) is 46.1 Å². The molecule has 0 saturated carbocycles. The van der Waals surface area contributed by atoms with Crippen molar-refractivity contribution in [3.8, 4) is 11.3 Å². The Labute approximate surface area is 117 Å². The van der Waals surface area contributed by atoms with Crippen LogP contribution in [0.1, 0.15) is 10.4 Å². The average molecular weight is 291 g/mol. The zero-order valence-electron chi connectivity index (χ0n) is 10.3. The number of rotatable bonds is 4. The van der Waals surface area contributed by atoms with Gasteiger partial charge in [0.1, 0.15) is 5.56 Å². The molecular formula is C12H9N3O4S. The van der Waals surface area contributed by atoms with Crippen LogP contribution in [0.5, 0.6) is 0 Å². The van der Waals surface area contributed by atoms with Crippen molar-refractivity contribution in [2.24, 2.45) is 0 Å². The molecule has 8 heteroatoms. The van der Waals surface area contributed by atoms with Crippen LogP contribution in [-0.2, 0) is 0 Å². The van der Waals surface area contributed by atoms with E-state index in [2.05, 4.69) is 9.97 Å². The highest BCUT2D eigenvalue weighted by Crippen LogP contribution is 2.31. The Morgan fingerprint density at radius 1 is 1.40 bits per heavy atom. The fraction of sp³-hybridized carbons (Fsp3) is 0.0833.